The van der Waals surface area contributed by atoms with Gasteiger partial charge in [0.15, 0.2) is 6.10 Å². The lowest BCUT2D eigenvalue weighted by Crippen LogP contribution is -2.30. The molecule has 0 heterocycles. The van der Waals surface area contributed by atoms with E-state index in [1.807, 2.05) is 109 Å². The van der Waals surface area contributed by atoms with Crippen LogP contribution in [0.25, 0.3) is 0 Å². The zero-order valence-electron chi connectivity index (χ0n) is 41.8. The topological polar surface area (TPSA) is 78.9 Å². The summed E-state index contributed by atoms with van der Waals surface area (Å²) in [6, 6.07) is 0. The Kier molecular flexibility index (Phi) is 48.8. The highest BCUT2D eigenvalue weighted by atomic mass is 16.6. The third-order valence-corrected chi connectivity index (χ3v) is 9.66. The monoisotopic (exact) mass is 917 g/mol. The maximum absolute atomic E-state index is 12.8. The molecular weight excluding hydrogens is 829 g/mol. The Hall–Kier alpha value is -5.49. The van der Waals surface area contributed by atoms with Gasteiger partial charge in [-0.1, -0.05) is 229 Å². The molecule has 0 aromatic rings. The van der Waals surface area contributed by atoms with Crippen molar-refractivity contribution in [2.45, 2.75) is 168 Å². The largest absolute Gasteiger partial charge is 0.462 e. The first kappa shape index (κ1) is 61.5. The van der Waals surface area contributed by atoms with Gasteiger partial charge < -0.3 is 14.2 Å². The molecule has 0 aliphatic carbocycles. The Labute approximate surface area is 408 Å². The van der Waals surface area contributed by atoms with Crippen LogP contribution in [-0.4, -0.2) is 37.2 Å². The number of esters is 3. The predicted octanol–water partition coefficient (Wildman–Crippen LogP) is 17.0. The number of hydrogen-bond donors (Lipinski definition) is 0. The van der Waals surface area contributed by atoms with Crippen molar-refractivity contribution in [3.8, 4) is 0 Å². The van der Waals surface area contributed by atoms with E-state index < -0.39 is 12.1 Å². The van der Waals surface area contributed by atoms with Crippen LogP contribution in [0.15, 0.2) is 182 Å². The van der Waals surface area contributed by atoms with E-state index in [2.05, 4.69) is 93.7 Å². The molecule has 368 valence electrons. The summed E-state index contributed by atoms with van der Waals surface area (Å²) in [6.07, 6.45) is 80.2. The summed E-state index contributed by atoms with van der Waals surface area (Å²) in [7, 11) is 0. The van der Waals surface area contributed by atoms with Gasteiger partial charge in [-0.15, -0.1) is 0 Å². The van der Waals surface area contributed by atoms with E-state index in [9.17, 15) is 14.4 Å². The van der Waals surface area contributed by atoms with Crippen molar-refractivity contribution in [2.75, 3.05) is 13.2 Å². The third kappa shape index (κ3) is 51.4. The van der Waals surface area contributed by atoms with E-state index in [4.69, 9.17) is 14.2 Å². The second-order valence-electron chi connectivity index (χ2n) is 15.9. The van der Waals surface area contributed by atoms with E-state index in [1.54, 1.807) is 0 Å². The zero-order chi connectivity index (χ0) is 48.6. The summed E-state index contributed by atoms with van der Waals surface area (Å²) < 4.78 is 16.7. The predicted molar refractivity (Wildman–Crippen MR) is 287 cm³/mol. The Bertz CT molecular complexity index is 1670. The van der Waals surface area contributed by atoms with Crippen molar-refractivity contribution >= 4 is 17.9 Å². The maximum Gasteiger partial charge on any atom is 0.306 e. The number of allylic oxidation sites excluding steroid dienone is 30. The average molecular weight is 917 g/mol. The van der Waals surface area contributed by atoms with Crippen molar-refractivity contribution < 1.29 is 28.6 Å². The van der Waals surface area contributed by atoms with E-state index >= 15 is 0 Å². The Morgan fingerprint density at radius 1 is 0.328 bits per heavy atom. The molecule has 0 aliphatic rings. The van der Waals surface area contributed by atoms with Crippen LogP contribution in [0.5, 0.6) is 0 Å². The highest BCUT2D eigenvalue weighted by Crippen LogP contribution is 2.10. The van der Waals surface area contributed by atoms with Gasteiger partial charge in [0.2, 0.25) is 0 Å². The fourth-order valence-electron chi connectivity index (χ4n) is 5.90. The van der Waals surface area contributed by atoms with Crippen LogP contribution in [-0.2, 0) is 28.6 Å². The van der Waals surface area contributed by atoms with Crippen molar-refractivity contribution in [3.05, 3.63) is 182 Å². The molecule has 1 unspecified atom stereocenters. The number of rotatable bonds is 42. The first-order chi connectivity index (χ1) is 33.0. The summed E-state index contributed by atoms with van der Waals surface area (Å²) in [4.78, 5) is 38.0. The smallest absolute Gasteiger partial charge is 0.306 e. The van der Waals surface area contributed by atoms with Gasteiger partial charge in [0.1, 0.15) is 13.2 Å². The standard InChI is InChI=1S/C61H88O6/c1-4-7-10-13-16-19-22-25-27-29-30-32-33-36-39-42-45-48-51-54-60(63)66-57-58(56-65-59(62)53-50-47-44-41-38-35-24-21-18-15-12-9-6-3)67-61(64)55-52-49-46-43-40-37-34-31-28-26-23-20-17-14-11-8-5-2/h7,9-10,12-13,15-22,24-30,32-39,43,46,58H,4-6,8,11,14,23,31,40-42,44-45,47-57H2,1-3H3/b10-7+,12-9+,16-13+,18-15+,20-17+,22-19+,24-21+,27-25+,28-26+,30-29+,33-32+,37-34+,38-35+,39-36+,46-43+. The first-order valence-corrected chi connectivity index (χ1v) is 25.4. The molecule has 0 fully saturated rings. The summed E-state index contributed by atoms with van der Waals surface area (Å²) in [6.45, 7) is 6.16. The molecule has 0 saturated heterocycles. The van der Waals surface area contributed by atoms with Gasteiger partial charge in [-0.05, 0) is 96.3 Å². The Balaban J connectivity index is 4.69. The van der Waals surface area contributed by atoms with Crippen LogP contribution in [0.1, 0.15) is 162 Å². The summed E-state index contributed by atoms with van der Waals surface area (Å²) >= 11 is 0. The zero-order valence-corrected chi connectivity index (χ0v) is 41.8. The van der Waals surface area contributed by atoms with Crippen molar-refractivity contribution in [3.63, 3.8) is 0 Å². The minimum Gasteiger partial charge on any atom is -0.462 e. The molecule has 0 rings (SSSR count). The third-order valence-electron chi connectivity index (χ3n) is 9.66. The normalized spacial score (nSPS) is 13.7. The average Bonchev–Trinajstić information content (AvgIpc) is 3.33. The van der Waals surface area contributed by atoms with E-state index in [0.29, 0.717) is 19.3 Å². The van der Waals surface area contributed by atoms with Crippen molar-refractivity contribution in [1.29, 1.82) is 0 Å². The summed E-state index contributed by atoms with van der Waals surface area (Å²) in [5.41, 5.74) is 0. The molecule has 6 heteroatoms. The lowest BCUT2D eigenvalue weighted by Gasteiger charge is -2.18. The SMILES string of the molecule is CC/C=C/C=C/C=C/C=C/C=C/C=C/C=C/CCCCCC(=O)OCC(COC(=O)CCCCC/C=C/C=C/C=C/C=C/CC)OC(=O)CCC/C=C/C/C=C/C/C=C/C/C=C/CCCCC. The van der Waals surface area contributed by atoms with Gasteiger partial charge in [0.05, 0.1) is 0 Å². The van der Waals surface area contributed by atoms with Gasteiger partial charge in [-0.2, -0.15) is 0 Å². The van der Waals surface area contributed by atoms with Gasteiger partial charge in [0.25, 0.3) is 0 Å². The molecule has 0 amide bonds. The number of ether oxygens (including phenoxy) is 3. The Morgan fingerprint density at radius 2 is 0.657 bits per heavy atom. The van der Waals surface area contributed by atoms with E-state index in [-0.39, 0.29) is 44.4 Å². The lowest BCUT2D eigenvalue weighted by atomic mass is 10.1. The van der Waals surface area contributed by atoms with Crippen LogP contribution in [0.3, 0.4) is 0 Å². The van der Waals surface area contributed by atoms with Crippen LogP contribution in [0.4, 0.5) is 0 Å². The summed E-state index contributed by atoms with van der Waals surface area (Å²) in [5.74, 6) is -1.10. The molecule has 0 saturated carbocycles. The van der Waals surface area contributed by atoms with E-state index in [1.165, 1.54) is 25.7 Å². The number of unbranched alkanes of at least 4 members (excludes halogenated alkanes) is 10. The van der Waals surface area contributed by atoms with Crippen LogP contribution in [0.2, 0.25) is 0 Å². The molecular formula is C61H88O6. The molecule has 0 aliphatic heterocycles. The molecule has 0 aromatic heterocycles. The fourth-order valence-corrected chi connectivity index (χ4v) is 5.90. The molecule has 0 spiro atoms. The summed E-state index contributed by atoms with van der Waals surface area (Å²) in [5, 5.41) is 0. The second kappa shape index (κ2) is 53.1. The highest BCUT2D eigenvalue weighted by Gasteiger charge is 2.19. The number of carbonyl (C=O) groups excluding carboxylic acids is 3. The quantitative estimate of drug-likeness (QED) is 0.0200. The van der Waals surface area contributed by atoms with E-state index in [0.717, 1.165) is 77.0 Å². The molecule has 0 bridgehead atoms. The maximum atomic E-state index is 12.8. The minimum absolute atomic E-state index is 0.146. The Morgan fingerprint density at radius 3 is 1.06 bits per heavy atom. The molecule has 6 nitrogen and oxygen atoms in total. The van der Waals surface area contributed by atoms with Gasteiger partial charge in [0, 0.05) is 19.3 Å². The van der Waals surface area contributed by atoms with Gasteiger partial charge >= 0.3 is 17.9 Å². The van der Waals surface area contributed by atoms with Crippen molar-refractivity contribution in [2.24, 2.45) is 0 Å². The highest BCUT2D eigenvalue weighted by molar-refractivity contribution is 5.71. The van der Waals surface area contributed by atoms with Gasteiger partial charge in [-0.25, -0.2) is 0 Å². The lowest BCUT2D eigenvalue weighted by molar-refractivity contribution is -0.167. The van der Waals surface area contributed by atoms with Crippen LogP contribution < -0.4 is 0 Å². The number of carbonyl (C=O) groups is 3. The van der Waals surface area contributed by atoms with Crippen LogP contribution in [0, 0.1) is 0 Å². The van der Waals surface area contributed by atoms with Crippen molar-refractivity contribution in [1.82, 2.24) is 0 Å². The molecule has 67 heavy (non-hydrogen) atoms. The van der Waals surface area contributed by atoms with Crippen LogP contribution >= 0.6 is 0 Å². The molecule has 1 atom stereocenters. The first-order valence-electron chi connectivity index (χ1n) is 25.4. The molecule has 0 radical (unpaired) electrons. The van der Waals surface area contributed by atoms with Gasteiger partial charge in [-0.3, -0.25) is 14.4 Å². The number of hydrogen-bond acceptors (Lipinski definition) is 6. The molecule has 0 aromatic carbocycles. The molecule has 0 N–H and O–H groups in total. The minimum atomic E-state index is -0.853. The fraction of sp³-hybridized carbons (Fsp3) is 0.459. The second-order valence-corrected chi connectivity index (χ2v) is 15.9.